The van der Waals surface area contributed by atoms with E-state index in [-0.39, 0.29) is 6.10 Å². The first-order valence-electron chi connectivity index (χ1n) is 5.43. The van der Waals surface area contributed by atoms with Gasteiger partial charge in [-0.05, 0) is 24.6 Å². The molecule has 0 aliphatic rings. The van der Waals surface area contributed by atoms with Gasteiger partial charge in [0.25, 0.3) is 0 Å². The Bertz CT molecular complexity index is 499. The highest BCUT2D eigenvalue weighted by molar-refractivity contribution is 6.33. The minimum Gasteiger partial charge on any atom is -0.486 e. The summed E-state index contributed by atoms with van der Waals surface area (Å²) in [5.74, 6) is 0.725. The topological polar surface area (TPSA) is 35.2 Å². The SMILES string of the molecule is CC(Oc1ccc(Cl)c(N)c1)c1ccccc1. The highest BCUT2D eigenvalue weighted by atomic mass is 35.5. The van der Waals surface area contributed by atoms with E-state index in [4.69, 9.17) is 22.1 Å². The average molecular weight is 248 g/mol. The van der Waals surface area contributed by atoms with Crippen LogP contribution in [0.25, 0.3) is 0 Å². The Hall–Kier alpha value is -1.67. The summed E-state index contributed by atoms with van der Waals surface area (Å²) in [4.78, 5) is 0. The van der Waals surface area contributed by atoms with Crippen molar-refractivity contribution in [3.05, 3.63) is 59.1 Å². The number of anilines is 1. The number of nitrogens with two attached hydrogens (primary N) is 1. The van der Waals surface area contributed by atoms with Crippen molar-refractivity contribution in [2.75, 3.05) is 5.73 Å². The monoisotopic (exact) mass is 247 g/mol. The molecule has 2 nitrogen and oxygen atoms in total. The van der Waals surface area contributed by atoms with Gasteiger partial charge in [-0.1, -0.05) is 41.9 Å². The van der Waals surface area contributed by atoms with Crippen LogP contribution in [0, 0.1) is 0 Å². The van der Waals surface area contributed by atoms with Crippen LogP contribution in [-0.2, 0) is 0 Å². The van der Waals surface area contributed by atoms with Crippen molar-refractivity contribution < 1.29 is 4.74 Å². The molecule has 1 unspecified atom stereocenters. The Balaban J connectivity index is 2.13. The first-order valence-corrected chi connectivity index (χ1v) is 5.81. The van der Waals surface area contributed by atoms with Crippen LogP contribution < -0.4 is 10.5 Å². The van der Waals surface area contributed by atoms with Gasteiger partial charge in [-0.2, -0.15) is 0 Å². The van der Waals surface area contributed by atoms with Gasteiger partial charge in [-0.15, -0.1) is 0 Å². The number of hydrogen-bond acceptors (Lipinski definition) is 2. The Labute approximate surface area is 106 Å². The number of ether oxygens (including phenoxy) is 1. The van der Waals surface area contributed by atoms with Gasteiger partial charge in [0.1, 0.15) is 11.9 Å². The molecule has 0 fully saturated rings. The molecule has 0 aromatic heterocycles. The summed E-state index contributed by atoms with van der Waals surface area (Å²) in [7, 11) is 0. The van der Waals surface area contributed by atoms with E-state index in [0.717, 1.165) is 11.3 Å². The molecule has 0 saturated carbocycles. The van der Waals surface area contributed by atoms with Crippen molar-refractivity contribution in [2.45, 2.75) is 13.0 Å². The van der Waals surface area contributed by atoms with Crippen LogP contribution >= 0.6 is 11.6 Å². The van der Waals surface area contributed by atoms with Crippen LogP contribution in [0.2, 0.25) is 5.02 Å². The van der Waals surface area contributed by atoms with E-state index in [1.807, 2.05) is 43.3 Å². The van der Waals surface area contributed by atoms with E-state index in [1.54, 1.807) is 12.1 Å². The summed E-state index contributed by atoms with van der Waals surface area (Å²) in [6, 6.07) is 15.3. The van der Waals surface area contributed by atoms with Gasteiger partial charge >= 0.3 is 0 Å². The molecule has 0 saturated heterocycles. The summed E-state index contributed by atoms with van der Waals surface area (Å²) in [6.45, 7) is 2.00. The lowest BCUT2D eigenvalue weighted by molar-refractivity contribution is 0.227. The van der Waals surface area contributed by atoms with Crippen molar-refractivity contribution in [3.8, 4) is 5.75 Å². The van der Waals surface area contributed by atoms with Gasteiger partial charge in [-0.25, -0.2) is 0 Å². The minimum absolute atomic E-state index is 0.0169. The fraction of sp³-hybridized carbons (Fsp3) is 0.143. The van der Waals surface area contributed by atoms with E-state index in [0.29, 0.717) is 10.7 Å². The Kier molecular flexibility index (Phi) is 3.55. The molecule has 88 valence electrons. The standard InChI is InChI=1S/C14H14ClNO/c1-10(11-5-3-2-4-6-11)17-12-7-8-13(15)14(16)9-12/h2-10H,16H2,1H3. The summed E-state index contributed by atoms with van der Waals surface area (Å²) < 4.78 is 5.80. The first kappa shape index (κ1) is 11.8. The van der Waals surface area contributed by atoms with Crippen LogP contribution in [0.1, 0.15) is 18.6 Å². The van der Waals surface area contributed by atoms with Crippen LogP contribution in [0.4, 0.5) is 5.69 Å². The average Bonchev–Trinajstić information content (AvgIpc) is 2.35. The number of halogens is 1. The molecule has 0 radical (unpaired) electrons. The molecule has 0 aliphatic heterocycles. The lowest BCUT2D eigenvalue weighted by atomic mass is 10.1. The van der Waals surface area contributed by atoms with Crippen LogP contribution in [0.15, 0.2) is 48.5 Å². The Morgan fingerprint density at radius 1 is 1.12 bits per heavy atom. The zero-order chi connectivity index (χ0) is 12.3. The van der Waals surface area contributed by atoms with Crippen LogP contribution in [-0.4, -0.2) is 0 Å². The van der Waals surface area contributed by atoms with E-state index in [2.05, 4.69) is 0 Å². The van der Waals surface area contributed by atoms with Crippen LogP contribution in [0.3, 0.4) is 0 Å². The van der Waals surface area contributed by atoms with Crippen molar-refractivity contribution in [1.82, 2.24) is 0 Å². The zero-order valence-electron chi connectivity index (χ0n) is 9.56. The van der Waals surface area contributed by atoms with Crippen molar-refractivity contribution in [1.29, 1.82) is 0 Å². The molecule has 2 aromatic rings. The third-order valence-corrected chi connectivity index (χ3v) is 2.89. The summed E-state index contributed by atoms with van der Waals surface area (Å²) in [5.41, 5.74) is 7.38. The van der Waals surface area contributed by atoms with E-state index < -0.39 is 0 Å². The Morgan fingerprint density at radius 2 is 1.82 bits per heavy atom. The van der Waals surface area contributed by atoms with Crippen LogP contribution in [0.5, 0.6) is 5.75 Å². The molecular weight excluding hydrogens is 234 g/mol. The predicted octanol–water partition coefficient (Wildman–Crippen LogP) is 4.06. The fourth-order valence-electron chi connectivity index (χ4n) is 1.59. The summed E-state index contributed by atoms with van der Waals surface area (Å²) in [6.07, 6.45) is -0.0169. The maximum atomic E-state index is 5.85. The molecule has 0 heterocycles. The number of nitrogen functional groups attached to an aromatic ring is 1. The molecule has 2 N–H and O–H groups in total. The lowest BCUT2D eigenvalue weighted by Gasteiger charge is -2.15. The molecule has 1 atom stereocenters. The maximum Gasteiger partial charge on any atom is 0.122 e. The number of benzene rings is 2. The molecule has 0 spiro atoms. The van der Waals surface area contributed by atoms with E-state index in [9.17, 15) is 0 Å². The second-order valence-corrected chi connectivity index (χ2v) is 4.26. The van der Waals surface area contributed by atoms with E-state index >= 15 is 0 Å². The lowest BCUT2D eigenvalue weighted by Crippen LogP contribution is -2.03. The third kappa shape index (κ3) is 2.92. The molecule has 3 heteroatoms. The van der Waals surface area contributed by atoms with E-state index in [1.165, 1.54) is 0 Å². The molecule has 2 aromatic carbocycles. The minimum atomic E-state index is -0.0169. The zero-order valence-corrected chi connectivity index (χ0v) is 10.3. The first-order chi connectivity index (χ1) is 8.16. The molecule has 0 bridgehead atoms. The summed E-state index contributed by atoms with van der Waals surface area (Å²) >= 11 is 5.85. The van der Waals surface area contributed by atoms with Gasteiger partial charge in [0.05, 0.1) is 10.7 Å². The van der Waals surface area contributed by atoms with Gasteiger partial charge in [0.2, 0.25) is 0 Å². The number of rotatable bonds is 3. The van der Waals surface area contributed by atoms with Crippen molar-refractivity contribution in [3.63, 3.8) is 0 Å². The third-order valence-electron chi connectivity index (χ3n) is 2.55. The molecule has 0 aliphatic carbocycles. The molecule has 17 heavy (non-hydrogen) atoms. The second-order valence-electron chi connectivity index (χ2n) is 3.85. The fourth-order valence-corrected chi connectivity index (χ4v) is 1.71. The van der Waals surface area contributed by atoms with Gasteiger partial charge in [0, 0.05) is 6.07 Å². The highest BCUT2D eigenvalue weighted by Gasteiger charge is 2.07. The Morgan fingerprint density at radius 3 is 2.47 bits per heavy atom. The summed E-state index contributed by atoms with van der Waals surface area (Å²) in [5, 5.41) is 0.546. The normalized spacial score (nSPS) is 12.1. The maximum absolute atomic E-state index is 5.85. The second kappa shape index (κ2) is 5.11. The highest BCUT2D eigenvalue weighted by Crippen LogP contribution is 2.27. The van der Waals surface area contributed by atoms with Gasteiger partial charge in [-0.3, -0.25) is 0 Å². The molecule has 0 amide bonds. The largest absolute Gasteiger partial charge is 0.486 e. The quantitative estimate of drug-likeness (QED) is 0.830. The molecular formula is C14H14ClNO. The van der Waals surface area contributed by atoms with Crippen molar-refractivity contribution >= 4 is 17.3 Å². The smallest absolute Gasteiger partial charge is 0.122 e. The van der Waals surface area contributed by atoms with Crippen molar-refractivity contribution in [2.24, 2.45) is 0 Å². The number of hydrogen-bond donors (Lipinski definition) is 1. The van der Waals surface area contributed by atoms with Gasteiger partial charge < -0.3 is 10.5 Å². The van der Waals surface area contributed by atoms with Gasteiger partial charge in [0.15, 0.2) is 0 Å². The molecule has 2 rings (SSSR count). The predicted molar refractivity (Wildman–Crippen MR) is 71.3 cm³/mol.